The summed E-state index contributed by atoms with van der Waals surface area (Å²) in [6.45, 7) is 5.30. The molecule has 0 atom stereocenters. The summed E-state index contributed by atoms with van der Waals surface area (Å²) in [6.07, 6.45) is 2.71. The molecule has 5 heteroatoms. The molecule has 1 heterocycles. The van der Waals surface area contributed by atoms with Crippen LogP contribution in [-0.2, 0) is 11.3 Å². The topological polar surface area (TPSA) is 34.1 Å². The van der Waals surface area contributed by atoms with Gasteiger partial charge in [-0.05, 0) is 26.0 Å². The van der Waals surface area contributed by atoms with Crippen molar-refractivity contribution in [1.29, 1.82) is 0 Å². The number of hydrogen-bond donors (Lipinski definition) is 1. The quantitative estimate of drug-likeness (QED) is 0.608. The molecule has 0 aliphatic rings. The first-order chi connectivity index (χ1) is 7.34. The van der Waals surface area contributed by atoms with Crippen molar-refractivity contribution >= 4 is 24.0 Å². The zero-order chi connectivity index (χ0) is 10.9. The summed E-state index contributed by atoms with van der Waals surface area (Å²) in [5.41, 5.74) is 1.04. The van der Waals surface area contributed by atoms with Crippen LogP contribution in [0.5, 0.6) is 0 Å². The molecule has 1 rings (SSSR count). The molecule has 0 bridgehead atoms. The summed E-state index contributed by atoms with van der Waals surface area (Å²) >= 11 is 5.91. The Hall–Kier alpha value is -0.350. The Labute approximate surface area is 108 Å². The highest BCUT2D eigenvalue weighted by molar-refractivity contribution is 6.30. The van der Waals surface area contributed by atoms with Gasteiger partial charge in [0.25, 0.3) is 0 Å². The fraction of sp³-hybridized carbons (Fsp3) is 0.545. The maximum atomic E-state index is 5.91. The van der Waals surface area contributed by atoms with E-state index in [2.05, 4.69) is 10.3 Å². The molecule has 0 aliphatic heterocycles. The van der Waals surface area contributed by atoms with Gasteiger partial charge in [0.1, 0.15) is 5.15 Å². The van der Waals surface area contributed by atoms with Crippen LogP contribution in [0.25, 0.3) is 0 Å². The van der Waals surface area contributed by atoms with Gasteiger partial charge in [-0.3, -0.25) is 0 Å². The number of hydrogen-bond acceptors (Lipinski definition) is 3. The molecular weight excluding hydrogens is 247 g/mol. The minimum absolute atomic E-state index is 0. The molecular formula is C11H18Cl2N2O. The van der Waals surface area contributed by atoms with Crippen molar-refractivity contribution in [3.8, 4) is 0 Å². The Bertz CT molecular complexity index is 284. The molecule has 92 valence electrons. The van der Waals surface area contributed by atoms with Gasteiger partial charge in [0.05, 0.1) is 0 Å². The molecule has 0 aliphatic carbocycles. The lowest BCUT2D eigenvalue weighted by molar-refractivity contribution is 0.144. The molecule has 0 aromatic carbocycles. The maximum Gasteiger partial charge on any atom is 0.133 e. The predicted molar refractivity (Wildman–Crippen MR) is 69.3 cm³/mol. The first-order valence-electron chi connectivity index (χ1n) is 5.22. The number of rotatable bonds is 7. The Balaban J connectivity index is 0.00000225. The van der Waals surface area contributed by atoms with Crippen molar-refractivity contribution in [2.24, 2.45) is 0 Å². The Kier molecular flexibility index (Phi) is 9.63. The number of nitrogens with zero attached hydrogens (tertiary/aromatic N) is 1. The van der Waals surface area contributed by atoms with E-state index in [0.717, 1.165) is 38.3 Å². The highest BCUT2D eigenvalue weighted by atomic mass is 35.5. The van der Waals surface area contributed by atoms with Crippen molar-refractivity contribution in [2.75, 3.05) is 19.8 Å². The van der Waals surface area contributed by atoms with Gasteiger partial charge in [0.2, 0.25) is 0 Å². The van der Waals surface area contributed by atoms with Gasteiger partial charge in [0.15, 0.2) is 0 Å². The fourth-order valence-electron chi connectivity index (χ4n) is 1.22. The third-order valence-electron chi connectivity index (χ3n) is 2.00. The normalized spacial score (nSPS) is 9.88. The zero-order valence-electron chi connectivity index (χ0n) is 9.41. The molecule has 0 saturated carbocycles. The smallest absolute Gasteiger partial charge is 0.133 e. The molecule has 3 nitrogen and oxygen atoms in total. The second kappa shape index (κ2) is 9.85. The van der Waals surface area contributed by atoms with Gasteiger partial charge in [-0.15, -0.1) is 12.4 Å². The van der Waals surface area contributed by atoms with Crippen LogP contribution in [-0.4, -0.2) is 24.7 Å². The summed E-state index contributed by atoms with van der Waals surface area (Å²) in [4.78, 5) is 4.01. The standard InChI is InChI=1S/C11H17ClN2O.ClH/c1-2-15-8-4-6-13-9-10-5-3-7-14-11(10)12;/h3,5,7,13H,2,4,6,8-9H2,1H3;1H. The van der Waals surface area contributed by atoms with E-state index in [9.17, 15) is 0 Å². The monoisotopic (exact) mass is 264 g/mol. The molecule has 1 aromatic heterocycles. The van der Waals surface area contributed by atoms with Crippen molar-refractivity contribution in [3.63, 3.8) is 0 Å². The molecule has 1 aromatic rings. The molecule has 0 spiro atoms. The first-order valence-corrected chi connectivity index (χ1v) is 5.60. The van der Waals surface area contributed by atoms with E-state index in [4.69, 9.17) is 16.3 Å². The van der Waals surface area contributed by atoms with Gasteiger partial charge >= 0.3 is 0 Å². The molecule has 0 unspecified atom stereocenters. The Morgan fingerprint density at radius 3 is 3.00 bits per heavy atom. The van der Waals surface area contributed by atoms with Crippen LogP contribution in [0.3, 0.4) is 0 Å². The zero-order valence-corrected chi connectivity index (χ0v) is 11.0. The Morgan fingerprint density at radius 1 is 1.50 bits per heavy atom. The summed E-state index contributed by atoms with van der Waals surface area (Å²) in [6, 6.07) is 3.87. The lowest BCUT2D eigenvalue weighted by Gasteiger charge is -2.05. The van der Waals surface area contributed by atoms with Crippen LogP contribution in [0.15, 0.2) is 18.3 Å². The summed E-state index contributed by atoms with van der Waals surface area (Å²) in [7, 11) is 0. The largest absolute Gasteiger partial charge is 0.382 e. The second-order valence-electron chi connectivity index (χ2n) is 3.18. The lowest BCUT2D eigenvalue weighted by atomic mass is 10.3. The van der Waals surface area contributed by atoms with Crippen LogP contribution < -0.4 is 5.32 Å². The van der Waals surface area contributed by atoms with Gasteiger partial charge < -0.3 is 10.1 Å². The third kappa shape index (κ3) is 6.28. The van der Waals surface area contributed by atoms with Gasteiger partial charge in [-0.2, -0.15) is 0 Å². The number of nitrogens with one attached hydrogen (secondary N) is 1. The van der Waals surface area contributed by atoms with E-state index in [-0.39, 0.29) is 12.4 Å². The van der Waals surface area contributed by atoms with Gasteiger partial charge in [-0.25, -0.2) is 4.98 Å². The van der Waals surface area contributed by atoms with Crippen LogP contribution >= 0.6 is 24.0 Å². The fourth-order valence-corrected chi connectivity index (χ4v) is 1.40. The Morgan fingerprint density at radius 2 is 2.31 bits per heavy atom. The third-order valence-corrected chi connectivity index (χ3v) is 2.34. The molecule has 0 saturated heterocycles. The van der Waals surface area contributed by atoms with E-state index < -0.39 is 0 Å². The van der Waals surface area contributed by atoms with Crippen LogP contribution in [0.2, 0.25) is 5.15 Å². The molecule has 0 amide bonds. The highest BCUT2D eigenvalue weighted by Gasteiger charge is 1.98. The number of pyridine rings is 1. The maximum absolute atomic E-state index is 5.91. The minimum Gasteiger partial charge on any atom is -0.382 e. The van der Waals surface area contributed by atoms with Gasteiger partial charge in [0, 0.05) is 31.5 Å². The minimum atomic E-state index is 0. The van der Waals surface area contributed by atoms with Crippen molar-refractivity contribution < 1.29 is 4.74 Å². The lowest BCUT2D eigenvalue weighted by Crippen LogP contribution is -2.16. The highest BCUT2D eigenvalue weighted by Crippen LogP contribution is 2.10. The number of ether oxygens (including phenoxy) is 1. The van der Waals surface area contributed by atoms with Crippen molar-refractivity contribution in [1.82, 2.24) is 10.3 Å². The van der Waals surface area contributed by atoms with Crippen molar-refractivity contribution in [3.05, 3.63) is 29.0 Å². The first kappa shape index (κ1) is 15.7. The predicted octanol–water partition coefficient (Wildman–Crippen LogP) is 2.67. The SMILES string of the molecule is CCOCCCNCc1cccnc1Cl.Cl. The van der Waals surface area contributed by atoms with E-state index in [1.54, 1.807) is 6.20 Å². The van der Waals surface area contributed by atoms with E-state index in [0.29, 0.717) is 5.15 Å². The summed E-state index contributed by atoms with van der Waals surface area (Å²) in [5, 5.41) is 3.88. The average molecular weight is 265 g/mol. The molecule has 0 radical (unpaired) electrons. The number of halogens is 2. The molecule has 1 N–H and O–H groups in total. The van der Waals surface area contributed by atoms with Gasteiger partial charge in [-0.1, -0.05) is 17.7 Å². The summed E-state index contributed by atoms with van der Waals surface area (Å²) < 4.78 is 5.23. The van der Waals surface area contributed by atoms with Crippen LogP contribution in [0, 0.1) is 0 Å². The summed E-state index contributed by atoms with van der Waals surface area (Å²) in [5.74, 6) is 0. The van der Waals surface area contributed by atoms with Crippen LogP contribution in [0.1, 0.15) is 18.9 Å². The van der Waals surface area contributed by atoms with E-state index in [1.807, 2.05) is 19.1 Å². The van der Waals surface area contributed by atoms with Crippen molar-refractivity contribution in [2.45, 2.75) is 19.9 Å². The molecule has 16 heavy (non-hydrogen) atoms. The average Bonchev–Trinajstić information content (AvgIpc) is 2.25. The second-order valence-corrected chi connectivity index (χ2v) is 3.54. The van der Waals surface area contributed by atoms with Crippen LogP contribution in [0.4, 0.5) is 0 Å². The van der Waals surface area contributed by atoms with E-state index in [1.165, 1.54) is 0 Å². The van der Waals surface area contributed by atoms with E-state index >= 15 is 0 Å². The number of aromatic nitrogens is 1. The molecule has 0 fully saturated rings.